The lowest BCUT2D eigenvalue weighted by Crippen LogP contribution is -2.30. The number of hydrogen-bond donors (Lipinski definition) is 0. The third kappa shape index (κ3) is 40.3. The van der Waals surface area contributed by atoms with Crippen molar-refractivity contribution in [2.24, 2.45) is 0 Å². The first-order chi connectivity index (χ1) is 26.5. The highest BCUT2D eigenvalue weighted by molar-refractivity contribution is 5.71. The SMILES string of the molecule is CC/C=C\C/C=C\CCCCC(=O)OCC(COC(=O)CCC/C=C\C/C=C\C/C=C\CCCCCCCC)OC(=O)CCCCCCCCCCCC. The van der Waals surface area contributed by atoms with Gasteiger partial charge in [0.05, 0.1) is 0 Å². The average molecular weight is 755 g/mol. The van der Waals surface area contributed by atoms with Crippen molar-refractivity contribution in [3.8, 4) is 0 Å². The maximum absolute atomic E-state index is 12.7. The van der Waals surface area contributed by atoms with Gasteiger partial charge in [-0.15, -0.1) is 0 Å². The van der Waals surface area contributed by atoms with Crippen LogP contribution in [0.15, 0.2) is 60.8 Å². The summed E-state index contributed by atoms with van der Waals surface area (Å²) in [6.07, 6.45) is 50.8. The molecule has 310 valence electrons. The predicted octanol–water partition coefficient (Wildman–Crippen LogP) is 14.1. The summed E-state index contributed by atoms with van der Waals surface area (Å²) in [7, 11) is 0. The van der Waals surface area contributed by atoms with Crippen LogP contribution in [0.2, 0.25) is 0 Å². The number of carbonyl (C=O) groups is 3. The lowest BCUT2D eigenvalue weighted by Gasteiger charge is -2.18. The molecule has 0 aromatic rings. The summed E-state index contributed by atoms with van der Waals surface area (Å²) in [6.45, 7) is 6.40. The highest BCUT2D eigenvalue weighted by atomic mass is 16.6. The molecule has 0 aliphatic carbocycles. The molecule has 6 nitrogen and oxygen atoms in total. The van der Waals surface area contributed by atoms with E-state index in [1.807, 2.05) is 0 Å². The molecule has 0 spiro atoms. The van der Waals surface area contributed by atoms with Gasteiger partial charge in [-0.1, -0.05) is 171 Å². The monoisotopic (exact) mass is 755 g/mol. The predicted molar refractivity (Wildman–Crippen MR) is 228 cm³/mol. The maximum atomic E-state index is 12.7. The quantitative estimate of drug-likeness (QED) is 0.0269. The van der Waals surface area contributed by atoms with E-state index in [2.05, 4.69) is 81.5 Å². The Labute approximate surface area is 332 Å². The van der Waals surface area contributed by atoms with Crippen molar-refractivity contribution in [2.45, 2.75) is 213 Å². The Morgan fingerprint density at radius 2 is 0.741 bits per heavy atom. The van der Waals surface area contributed by atoms with Crippen LogP contribution >= 0.6 is 0 Å². The van der Waals surface area contributed by atoms with Crippen LogP contribution in [0.5, 0.6) is 0 Å². The van der Waals surface area contributed by atoms with Gasteiger partial charge in [0.2, 0.25) is 0 Å². The maximum Gasteiger partial charge on any atom is 0.306 e. The van der Waals surface area contributed by atoms with Gasteiger partial charge in [-0.05, 0) is 77.0 Å². The van der Waals surface area contributed by atoms with E-state index in [0.29, 0.717) is 19.3 Å². The fourth-order valence-electron chi connectivity index (χ4n) is 5.91. The molecule has 6 heteroatoms. The third-order valence-corrected chi connectivity index (χ3v) is 9.26. The van der Waals surface area contributed by atoms with Crippen molar-refractivity contribution in [3.05, 3.63) is 60.8 Å². The summed E-state index contributed by atoms with van der Waals surface area (Å²) in [5.41, 5.74) is 0. The fraction of sp³-hybridized carbons (Fsp3) is 0.729. The molecule has 54 heavy (non-hydrogen) atoms. The Morgan fingerprint density at radius 1 is 0.389 bits per heavy atom. The van der Waals surface area contributed by atoms with E-state index in [1.54, 1.807) is 0 Å². The van der Waals surface area contributed by atoms with E-state index in [4.69, 9.17) is 14.2 Å². The van der Waals surface area contributed by atoms with E-state index < -0.39 is 6.10 Å². The molecule has 1 unspecified atom stereocenters. The number of ether oxygens (including phenoxy) is 3. The van der Waals surface area contributed by atoms with Crippen LogP contribution in [0.1, 0.15) is 207 Å². The molecule has 0 rings (SSSR count). The lowest BCUT2D eigenvalue weighted by atomic mass is 10.1. The Kier molecular flexibility index (Phi) is 40.6. The molecule has 1 atom stereocenters. The lowest BCUT2D eigenvalue weighted by molar-refractivity contribution is -0.167. The van der Waals surface area contributed by atoms with Crippen molar-refractivity contribution in [1.82, 2.24) is 0 Å². The second-order valence-corrected chi connectivity index (χ2v) is 14.6. The molecule has 0 N–H and O–H groups in total. The summed E-state index contributed by atoms with van der Waals surface area (Å²) in [5, 5.41) is 0. The van der Waals surface area contributed by atoms with E-state index in [0.717, 1.165) is 70.6 Å². The van der Waals surface area contributed by atoms with Crippen LogP contribution in [0.4, 0.5) is 0 Å². The van der Waals surface area contributed by atoms with E-state index in [1.165, 1.54) is 89.9 Å². The molecule has 0 fully saturated rings. The second-order valence-electron chi connectivity index (χ2n) is 14.6. The first-order valence-electron chi connectivity index (χ1n) is 22.3. The third-order valence-electron chi connectivity index (χ3n) is 9.26. The number of hydrogen-bond acceptors (Lipinski definition) is 6. The minimum Gasteiger partial charge on any atom is -0.462 e. The first kappa shape index (κ1) is 51.1. The summed E-state index contributed by atoms with van der Waals surface area (Å²) in [4.78, 5) is 37.6. The molecule has 0 saturated carbocycles. The number of rotatable bonds is 39. The van der Waals surface area contributed by atoms with Crippen molar-refractivity contribution in [1.29, 1.82) is 0 Å². The summed E-state index contributed by atoms with van der Waals surface area (Å²) in [5.74, 6) is -1.000. The summed E-state index contributed by atoms with van der Waals surface area (Å²) < 4.78 is 16.6. The van der Waals surface area contributed by atoms with Gasteiger partial charge in [0.1, 0.15) is 13.2 Å². The van der Waals surface area contributed by atoms with Gasteiger partial charge in [0.25, 0.3) is 0 Å². The normalized spacial score (nSPS) is 12.6. The molecule has 0 bridgehead atoms. The smallest absolute Gasteiger partial charge is 0.306 e. The van der Waals surface area contributed by atoms with Crippen LogP contribution in [-0.4, -0.2) is 37.2 Å². The van der Waals surface area contributed by atoms with Gasteiger partial charge in [-0.25, -0.2) is 0 Å². The van der Waals surface area contributed by atoms with Crippen LogP contribution in [-0.2, 0) is 28.6 Å². The molecule has 0 aliphatic rings. The minimum atomic E-state index is -0.801. The molecule has 0 aromatic carbocycles. The van der Waals surface area contributed by atoms with Crippen LogP contribution in [0.25, 0.3) is 0 Å². The molecule has 0 aliphatic heterocycles. The largest absolute Gasteiger partial charge is 0.462 e. The highest BCUT2D eigenvalue weighted by Crippen LogP contribution is 2.13. The van der Waals surface area contributed by atoms with Gasteiger partial charge >= 0.3 is 17.9 Å². The number of esters is 3. The molecule has 0 aromatic heterocycles. The Morgan fingerprint density at radius 3 is 1.24 bits per heavy atom. The van der Waals surface area contributed by atoms with E-state index in [9.17, 15) is 14.4 Å². The first-order valence-corrected chi connectivity index (χ1v) is 22.3. The average Bonchev–Trinajstić information content (AvgIpc) is 3.17. The topological polar surface area (TPSA) is 78.9 Å². The molecule has 0 heterocycles. The highest BCUT2D eigenvalue weighted by Gasteiger charge is 2.19. The fourth-order valence-corrected chi connectivity index (χ4v) is 5.91. The molecule has 0 amide bonds. The summed E-state index contributed by atoms with van der Waals surface area (Å²) >= 11 is 0. The standard InChI is InChI=1S/C48H82O6/c1-4-7-10-13-16-19-21-22-23-24-25-26-27-30-32-35-38-41-47(50)53-44-45(43-52-46(49)40-37-34-31-28-18-15-12-9-6-3)54-48(51)42-39-36-33-29-20-17-14-11-8-5-2/h9,12,18,22-23,25-26,28,30,32,45H,4-8,10-11,13-17,19-21,24,27,29,31,33-44H2,1-3H3/b12-9-,23-22-,26-25-,28-18-,32-30-. The van der Waals surface area contributed by atoms with Gasteiger partial charge in [0, 0.05) is 19.3 Å². The van der Waals surface area contributed by atoms with Crippen molar-refractivity contribution in [3.63, 3.8) is 0 Å². The van der Waals surface area contributed by atoms with Gasteiger partial charge in [0.15, 0.2) is 6.10 Å². The Hall–Kier alpha value is -2.89. The van der Waals surface area contributed by atoms with E-state index >= 15 is 0 Å². The van der Waals surface area contributed by atoms with Crippen LogP contribution in [0.3, 0.4) is 0 Å². The molecular formula is C48H82O6. The zero-order valence-corrected chi connectivity index (χ0v) is 35.2. The number of unbranched alkanes of at least 4 members (excludes halogenated alkanes) is 18. The Bertz CT molecular complexity index is 1010. The van der Waals surface area contributed by atoms with Crippen molar-refractivity contribution in [2.75, 3.05) is 13.2 Å². The van der Waals surface area contributed by atoms with Crippen molar-refractivity contribution >= 4 is 17.9 Å². The summed E-state index contributed by atoms with van der Waals surface area (Å²) in [6, 6.07) is 0. The molecule has 0 saturated heterocycles. The van der Waals surface area contributed by atoms with E-state index in [-0.39, 0.29) is 37.5 Å². The van der Waals surface area contributed by atoms with Gasteiger partial charge in [-0.3, -0.25) is 14.4 Å². The molecular weight excluding hydrogens is 673 g/mol. The van der Waals surface area contributed by atoms with Crippen molar-refractivity contribution < 1.29 is 28.6 Å². The zero-order chi connectivity index (χ0) is 39.4. The van der Waals surface area contributed by atoms with Gasteiger partial charge < -0.3 is 14.2 Å². The number of carbonyl (C=O) groups excluding carboxylic acids is 3. The van der Waals surface area contributed by atoms with Crippen LogP contribution < -0.4 is 0 Å². The zero-order valence-electron chi connectivity index (χ0n) is 35.2. The van der Waals surface area contributed by atoms with Crippen LogP contribution in [0, 0.1) is 0 Å². The van der Waals surface area contributed by atoms with Gasteiger partial charge in [-0.2, -0.15) is 0 Å². The molecule has 0 radical (unpaired) electrons. The Balaban J connectivity index is 4.43. The minimum absolute atomic E-state index is 0.106. The second kappa shape index (κ2) is 42.8. The number of allylic oxidation sites excluding steroid dienone is 10.